The van der Waals surface area contributed by atoms with E-state index in [4.69, 9.17) is 4.74 Å². The highest BCUT2D eigenvalue weighted by Gasteiger charge is 2.29. The lowest BCUT2D eigenvalue weighted by Gasteiger charge is -2.40. The average Bonchev–Trinajstić information content (AvgIpc) is 3.28. The molecule has 6 heteroatoms. The molecule has 0 amide bonds. The largest absolute Gasteiger partial charge is 0.492 e. The number of anilines is 1. The number of aliphatic carboxylic acids is 1. The van der Waals surface area contributed by atoms with Gasteiger partial charge in [-0.05, 0) is 56.1 Å². The summed E-state index contributed by atoms with van der Waals surface area (Å²) < 4.78 is 5.98. The molecule has 2 fully saturated rings. The highest BCUT2D eigenvalue weighted by molar-refractivity contribution is 5.83. The quantitative estimate of drug-likeness (QED) is 0.636. The van der Waals surface area contributed by atoms with Crippen LogP contribution in [0.2, 0.25) is 0 Å². The third-order valence-corrected chi connectivity index (χ3v) is 7.10. The number of piperidine rings is 1. The van der Waals surface area contributed by atoms with Crippen LogP contribution in [0, 0.1) is 18.3 Å². The molecule has 1 N–H and O–H groups in total. The van der Waals surface area contributed by atoms with Gasteiger partial charge < -0.3 is 14.7 Å². The molecule has 1 saturated carbocycles. The molecule has 172 valence electrons. The van der Waals surface area contributed by atoms with Crippen molar-refractivity contribution in [3.8, 4) is 17.0 Å². The summed E-state index contributed by atoms with van der Waals surface area (Å²) in [6.45, 7) is 9.05. The monoisotopic (exact) mass is 437 g/mol. The third kappa shape index (κ3) is 5.22. The number of pyridine rings is 2. The molecular formula is C26H35N3O3. The molecule has 32 heavy (non-hydrogen) atoms. The molecule has 4 rings (SSSR count). The topological polar surface area (TPSA) is 75.6 Å². The molecule has 3 heterocycles. The lowest BCUT2D eigenvalue weighted by atomic mass is 9.82. The molecule has 2 aromatic rings. The highest BCUT2D eigenvalue weighted by atomic mass is 16.5. The van der Waals surface area contributed by atoms with E-state index in [0.717, 1.165) is 66.5 Å². The SMILES string of the molecule is Cc1ncc(-c2ccc(OCC3CCCC3)cn2)c(N2CCC(C)(C)CC2)c1CC(=O)O. The maximum Gasteiger partial charge on any atom is 0.307 e. The molecule has 0 radical (unpaired) electrons. The first-order valence-electron chi connectivity index (χ1n) is 11.9. The Labute approximate surface area is 191 Å². The average molecular weight is 438 g/mol. The number of hydrogen-bond donors (Lipinski definition) is 1. The van der Waals surface area contributed by atoms with Crippen molar-refractivity contribution in [3.63, 3.8) is 0 Å². The summed E-state index contributed by atoms with van der Waals surface area (Å²) in [5.41, 5.74) is 4.54. The van der Waals surface area contributed by atoms with E-state index in [1.165, 1.54) is 25.7 Å². The number of nitrogens with zero attached hydrogens (tertiary/aromatic N) is 3. The molecule has 1 aliphatic heterocycles. The Bertz CT molecular complexity index is 940. The van der Waals surface area contributed by atoms with Gasteiger partial charge in [0.15, 0.2) is 0 Å². The van der Waals surface area contributed by atoms with E-state index in [9.17, 15) is 9.90 Å². The van der Waals surface area contributed by atoms with Gasteiger partial charge in [0.05, 0.1) is 30.6 Å². The first-order valence-corrected chi connectivity index (χ1v) is 11.9. The van der Waals surface area contributed by atoms with E-state index in [2.05, 4.69) is 28.7 Å². The summed E-state index contributed by atoms with van der Waals surface area (Å²) in [4.78, 5) is 23.2. The molecule has 0 aromatic carbocycles. The summed E-state index contributed by atoms with van der Waals surface area (Å²) in [6.07, 6.45) is 10.8. The Morgan fingerprint density at radius 2 is 1.88 bits per heavy atom. The summed E-state index contributed by atoms with van der Waals surface area (Å²) in [5, 5.41) is 9.57. The molecule has 0 atom stereocenters. The van der Waals surface area contributed by atoms with Crippen LogP contribution in [0.25, 0.3) is 11.3 Å². The van der Waals surface area contributed by atoms with Gasteiger partial charge in [-0.25, -0.2) is 0 Å². The van der Waals surface area contributed by atoms with Crippen LogP contribution >= 0.6 is 0 Å². The Balaban J connectivity index is 1.63. The Hall–Kier alpha value is -2.63. The van der Waals surface area contributed by atoms with E-state index in [-0.39, 0.29) is 6.42 Å². The van der Waals surface area contributed by atoms with E-state index < -0.39 is 5.97 Å². The maximum absolute atomic E-state index is 11.7. The van der Waals surface area contributed by atoms with Crippen molar-refractivity contribution in [1.82, 2.24) is 9.97 Å². The fraction of sp³-hybridized carbons (Fsp3) is 0.577. The van der Waals surface area contributed by atoms with Gasteiger partial charge in [0.25, 0.3) is 0 Å². The van der Waals surface area contributed by atoms with Gasteiger partial charge in [-0.3, -0.25) is 14.8 Å². The molecule has 1 aliphatic carbocycles. The molecule has 2 aromatic heterocycles. The smallest absolute Gasteiger partial charge is 0.307 e. The number of carboxylic acid groups (broad SMARTS) is 1. The number of ether oxygens (including phenoxy) is 1. The Morgan fingerprint density at radius 3 is 2.50 bits per heavy atom. The first-order chi connectivity index (χ1) is 15.3. The van der Waals surface area contributed by atoms with Gasteiger partial charge in [-0.15, -0.1) is 0 Å². The second-order valence-corrected chi connectivity index (χ2v) is 10.1. The van der Waals surface area contributed by atoms with E-state index in [0.29, 0.717) is 11.3 Å². The number of carbonyl (C=O) groups is 1. The molecule has 2 aliphatic rings. The Kier molecular flexibility index (Phi) is 6.68. The second-order valence-electron chi connectivity index (χ2n) is 10.1. The molecule has 0 unspecified atom stereocenters. The Morgan fingerprint density at radius 1 is 1.16 bits per heavy atom. The minimum atomic E-state index is -0.839. The molecule has 0 bridgehead atoms. The number of aryl methyl sites for hydroxylation is 1. The van der Waals surface area contributed by atoms with E-state index >= 15 is 0 Å². The van der Waals surface area contributed by atoms with Crippen molar-refractivity contribution in [1.29, 1.82) is 0 Å². The van der Waals surface area contributed by atoms with Crippen LogP contribution in [0.5, 0.6) is 5.75 Å². The fourth-order valence-corrected chi connectivity index (χ4v) is 4.90. The van der Waals surface area contributed by atoms with Crippen LogP contribution in [-0.2, 0) is 11.2 Å². The fourth-order valence-electron chi connectivity index (χ4n) is 4.90. The van der Waals surface area contributed by atoms with E-state index in [1.807, 2.05) is 25.3 Å². The molecule has 0 spiro atoms. The number of carboxylic acids is 1. The minimum Gasteiger partial charge on any atom is -0.492 e. The van der Waals surface area contributed by atoms with E-state index in [1.54, 1.807) is 6.20 Å². The number of rotatable bonds is 7. The molecule has 1 saturated heterocycles. The van der Waals surface area contributed by atoms with Crippen molar-refractivity contribution in [2.45, 2.75) is 65.7 Å². The first kappa shape index (κ1) is 22.6. The highest BCUT2D eigenvalue weighted by Crippen LogP contribution is 2.39. The van der Waals surface area contributed by atoms with Gasteiger partial charge in [-0.1, -0.05) is 26.7 Å². The number of hydrogen-bond acceptors (Lipinski definition) is 5. The lowest BCUT2D eigenvalue weighted by Crippen LogP contribution is -2.38. The normalized spacial score (nSPS) is 18.7. The van der Waals surface area contributed by atoms with Crippen LogP contribution in [0.4, 0.5) is 5.69 Å². The standard InChI is InChI=1S/C26H35N3O3/c1-18-21(14-24(30)31)25(29-12-10-26(2,3)11-13-29)22(16-27-18)23-9-8-20(15-28-23)32-17-19-6-4-5-7-19/h8-9,15-16,19H,4-7,10-14,17H2,1-3H3,(H,30,31). The van der Waals surface area contributed by atoms with Gasteiger partial charge in [0, 0.05) is 36.1 Å². The van der Waals surface area contributed by atoms with Gasteiger partial charge in [-0.2, -0.15) is 0 Å². The van der Waals surface area contributed by atoms with Crippen molar-refractivity contribution in [2.24, 2.45) is 11.3 Å². The van der Waals surface area contributed by atoms with Crippen molar-refractivity contribution >= 4 is 11.7 Å². The van der Waals surface area contributed by atoms with Gasteiger partial charge in [0.2, 0.25) is 0 Å². The van der Waals surface area contributed by atoms with Crippen LogP contribution < -0.4 is 9.64 Å². The lowest BCUT2D eigenvalue weighted by molar-refractivity contribution is -0.136. The van der Waals surface area contributed by atoms with Gasteiger partial charge in [0.1, 0.15) is 5.75 Å². The zero-order valence-electron chi connectivity index (χ0n) is 19.6. The van der Waals surface area contributed by atoms with Crippen molar-refractivity contribution in [3.05, 3.63) is 35.8 Å². The minimum absolute atomic E-state index is 0.0372. The summed E-state index contributed by atoms with van der Waals surface area (Å²) in [6, 6.07) is 3.94. The molecule has 6 nitrogen and oxygen atoms in total. The van der Waals surface area contributed by atoms with Crippen molar-refractivity contribution < 1.29 is 14.6 Å². The maximum atomic E-state index is 11.7. The summed E-state index contributed by atoms with van der Waals surface area (Å²) in [5.74, 6) is 0.603. The van der Waals surface area contributed by atoms with Crippen LogP contribution in [0.3, 0.4) is 0 Å². The van der Waals surface area contributed by atoms with Crippen LogP contribution in [-0.4, -0.2) is 40.7 Å². The van der Waals surface area contributed by atoms with Crippen LogP contribution in [0.15, 0.2) is 24.5 Å². The van der Waals surface area contributed by atoms with Crippen molar-refractivity contribution in [2.75, 3.05) is 24.6 Å². The zero-order valence-corrected chi connectivity index (χ0v) is 19.6. The predicted octanol–water partition coefficient (Wildman–Crippen LogP) is 5.27. The van der Waals surface area contributed by atoms with Gasteiger partial charge >= 0.3 is 5.97 Å². The second kappa shape index (κ2) is 9.47. The summed E-state index contributed by atoms with van der Waals surface area (Å²) in [7, 11) is 0. The third-order valence-electron chi connectivity index (χ3n) is 7.10. The molecular weight excluding hydrogens is 402 g/mol. The summed E-state index contributed by atoms with van der Waals surface area (Å²) >= 11 is 0. The predicted molar refractivity (Wildman–Crippen MR) is 126 cm³/mol. The number of aromatic nitrogens is 2. The zero-order chi connectivity index (χ0) is 22.7. The van der Waals surface area contributed by atoms with Crippen LogP contribution in [0.1, 0.15) is 63.6 Å².